The van der Waals surface area contributed by atoms with Crippen LogP contribution in [0, 0.1) is 0 Å². The van der Waals surface area contributed by atoms with E-state index in [1.807, 2.05) is 48.5 Å². The monoisotopic (exact) mass is 420 g/mol. The SMILES string of the molecule is C=CCSc1nnc2c(n1)OC(c1cccc(OC)c1)N(C(C)=O)c1ccccc1-2. The van der Waals surface area contributed by atoms with E-state index in [1.54, 1.807) is 18.1 Å². The summed E-state index contributed by atoms with van der Waals surface area (Å²) < 4.78 is 11.7. The Bertz CT molecular complexity index is 1110. The molecule has 8 heteroatoms. The number of thioether (sulfide) groups is 1. The molecule has 1 amide bonds. The van der Waals surface area contributed by atoms with E-state index in [0.29, 0.717) is 33.9 Å². The zero-order chi connectivity index (χ0) is 21.1. The van der Waals surface area contributed by atoms with E-state index in [-0.39, 0.29) is 5.91 Å². The molecule has 1 aromatic heterocycles. The number of carbonyl (C=O) groups is 1. The molecule has 0 fully saturated rings. The Morgan fingerprint density at radius 2 is 2.10 bits per heavy atom. The lowest BCUT2D eigenvalue weighted by Crippen LogP contribution is -2.36. The van der Waals surface area contributed by atoms with Crippen molar-refractivity contribution in [3.8, 4) is 22.9 Å². The fraction of sp³-hybridized carbons (Fsp3) is 0.182. The predicted octanol–water partition coefficient (Wildman–Crippen LogP) is 4.27. The van der Waals surface area contributed by atoms with Crippen LogP contribution in [0.3, 0.4) is 0 Å². The van der Waals surface area contributed by atoms with Crippen molar-refractivity contribution in [2.75, 3.05) is 17.8 Å². The average Bonchev–Trinajstić information content (AvgIpc) is 2.92. The molecule has 0 aliphatic carbocycles. The number of anilines is 1. The Hall–Kier alpha value is -3.39. The van der Waals surface area contributed by atoms with Gasteiger partial charge in [0.1, 0.15) is 5.75 Å². The molecule has 0 bridgehead atoms. The number of aromatic nitrogens is 3. The molecule has 7 nitrogen and oxygen atoms in total. The summed E-state index contributed by atoms with van der Waals surface area (Å²) in [5.74, 6) is 1.47. The first-order valence-electron chi connectivity index (χ1n) is 9.30. The fourth-order valence-electron chi connectivity index (χ4n) is 3.26. The van der Waals surface area contributed by atoms with Gasteiger partial charge in [0.25, 0.3) is 0 Å². The molecule has 0 radical (unpaired) electrons. The number of rotatable bonds is 5. The first-order valence-corrected chi connectivity index (χ1v) is 10.3. The maximum atomic E-state index is 12.8. The molecule has 1 aliphatic rings. The van der Waals surface area contributed by atoms with Gasteiger partial charge in [-0.3, -0.25) is 9.69 Å². The van der Waals surface area contributed by atoms with E-state index >= 15 is 0 Å². The number of ether oxygens (including phenoxy) is 2. The van der Waals surface area contributed by atoms with E-state index in [1.165, 1.54) is 18.7 Å². The van der Waals surface area contributed by atoms with E-state index in [4.69, 9.17) is 9.47 Å². The van der Waals surface area contributed by atoms with Crippen LogP contribution in [-0.4, -0.2) is 34.0 Å². The number of para-hydroxylation sites is 1. The molecule has 4 rings (SSSR count). The third-order valence-electron chi connectivity index (χ3n) is 4.56. The highest BCUT2D eigenvalue weighted by atomic mass is 32.2. The minimum absolute atomic E-state index is 0.169. The second kappa shape index (κ2) is 8.54. The first kappa shape index (κ1) is 19.9. The van der Waals surface area contributed by atoms with Crippen molar-refractivity contribution >= 4 is 23.4 Å². The van der Waals surface area contributed by atoms with Gasteiger partial charge in [-0.05, 0) is 18.2 Å². The predicted molar refractivity (Wildman–Crippen MR) is 116 cm³/mol. The Balaban J connectivity index is 1.91. The summed E-state index contributed by atoms with van der Waals surface area (Å²) in [5, 5.41) is 9.07. The van der Waals surface area contributed by atoms with Gasteiger partial charge in [-0.1, -0.05) is 48.2 Å². The van der Waals surface area contributed by atoms with Gasteiger partial charge < -0.3 is 9.47 Å². The first-order chi connectivity index (χ1) is 14.6. The van der Waals surface area contributed by atoms with E-state index in [2.05, 4.69) is 21.8 Å². The van der Waals surface area contributed by atoms with Gasteiger partial charge in [-0.25, -0.2) is 0 Å². The topological polar surface area (TPSA) is 77.4 Å². The van der Waals surface area contributed by atoms with Crippen molar-refractivity contribution in [3.05, 3.63) is 66.7 Å². The quantitative estimate of drug-likeness (QED) is 0.451. The Morgan fingerprint density at radius 3 is 2.87 bits per heavy atom. The van der Waals surface area contributed by atoms with Crippen molar-refractivity contribution in [1.82, 2.24) is 15.2 Å². The number of fused-ring (bicyclic) bond motifs is 3. The minimum atomic E-state index is -0.742. The molecule has 3 aromatic rings. The van der Waals surface area contributed by atoms with Gasteiger partial charge in [-0.2, -0.15) is 4.98 Å². The molecule has 2 aromatic carbocycles. The summed E-state index contributed by atoms with van der Waals surface area (Å²) in [6.07, 6.45) is 1.03. The zero-order valence-electron chi connectivity index (χ0n) is 16.6. The number of carbonyl (C=O) groups excluding carboxylic acids is 1. The molecule has 0 N–H and O–H groups in total. The van der Waals surface area contributed by atoms with E-state index in [9.17, 15) is 4.79 Å². The molecule has 0 spiro atoms. The van der Waals surface area contributed by atoms with Gasteiger partial charge in [0.15, 0.2) is 5.69 Å². The largest absolute Gasteiger partial charge is 0.497 e. The molecular formula is C22H20N4O3S. The van der Waals surface area contributed by atoms with Gasteiger partial charge in [0, 0.05) is 23.8 Å². The van der Waals surface area contributed by atoms with Crippen molar-refractivity contribution in [2.45, 2.75) is 18.3 Å². The molecule has 1 unspecified atom stereocenters. The molecule has 152 valence electrons. The maximum Gasteiger partial charge on any atom is 0.247 e. The van der Waals surface area contributed by atoms with Crippen LogP contribution >= 0.6 is 11.8 Å². The summed E-state index contributed by atoms with van der Waals surface area (Å²) >= 11 is 1.41. The Morgan fingerprint density at radius 1 is 1.27 bits per heavy atom. The molecule has 0 saturated carbocycles. The van der Waals surface area contributed by atoms with Gasteiger partial charge >= 0.3 is 0 Å². The van der Waals surface area contributed by atoms with Gasteiger partial charge in [-0.15, -0.1) is 16.8 Å². The third kappa shape index (κ3) is 3.73. The summed E-state index contributed by atoms with van der Waals surface area (Å²) in [4.78, 5) is 18.9. The van der Waals surface area contributed by atoms with Crippen LogP contribution < -0.4 is 14.4 Å². The van der Waals surface area contributed by atoms with Crippen LogP contribution in [0.2, 0.25) is 0 Å². The summed E-state index contributed by atoms with van der Waals surface area (Å²) in [6, 6.07) is 14.9. The normalized spacial score (nSPS) is 14.7. The van der Waals surface area contributed by atoms with Crippen LogP contribution in [0.15, 0.2) is 66.3 Å². The lowest BCUT2D eigenvalue weighted by atomic mass is 10.1. The van der Waals surface area contributed by atoms with Crippen LogP contribution in [-0.2, 0) is 4.79 Å². The highest BCUT2D eigenvalue weighted by molar-refractivity contribution is 7.99. The Kier molecular flexibility index (Phi) is 5.67. The standard InChI is InChI=1S/C22H20N4O3S/c1-4-12-30-22-23-20-19(24-25-22)17-10-5-6-11-18(17)26(14(2)27)21(29-20)15-8-7-9-16(13-15)28-3/h4-11,13,21H,1,12H2,2-3H3. The number of hydrogen-bond acceptors (Lipinski definition) is 7. The average molecular weight is 420 g/mol. The summed E-state index contributed by atoms with van der Waals surface area (Å²) in [5.41, 5.74) is 2.66. The lowest BCUT2D eigenvalue weighted by molar-refractivity contribution is -0.118. The van der Waals surface area contributed by atoms with Crippen LogP contribution in [0.1, 0.15) is 18.7 Å². The van der Waals surface area contributed by atoms with Crippen LogP contribution in [0.4, 0.5) is 5.69 Å². The summed E-state index contributed by atoms with van der Waals surface area (Å²) in [6.45, 7) is 5.23. The molecule has 0 saturated heterocycles. The number of hydrogen-bond donors (Lipinski definition) is 0. The van der Waals surface area contributed by atoms with Crippen molar-refractivity contribution in [1.29, 1.82) is 0 Å². The lowest BCUT2D eigenvalue weighted by Gasteiger charge is -2.30. The highest BCUT2D eigenvalue weighted by Gasteiger charge is 2.34. The molecule has 1 aliphatic heterocycles. The minimum Gasteiger partial charge on any atom is -0.497 e. The van der Waals surface area contributed by atoms with Crippen LogP contribution in [0.25, 0.3) is 11.3 Å². The second-order valence-electron chi connectivity index (χ2n) is 6.50. The number of benzene rings is 2. The molecule has 1 atom stereocenters. The highest BCUT2D eigenvalue weighted by Crippen LogP contribution is 2.43. The van der Waals surface area contributed by atoms with Gasteiger partial charge in [0.05, 0.1) is 12.8 Å². The maximum absolute atomic E-state index is 12.8. The fourth-order valence-corrected chi connectivity index (χ4v) is 3.77. The van der Waals surface area contributed by atoms with E-state index in [0.717, 1.165) is 11.1 Å². The van der Waals surface area contributed by atoms with E-state index < -0.39 is 6.23 Å². The smallest absolute Gasteiger partial charge is 0.247 e. The Labute approximate surface area is 178 Å². The third-order valence-corrected chi connectivity index (χ3v) is 5.39. The number of nitrogens with zero attached hydrogens (tertiary/aromatic N) is 4. The van der Waals surface area contributed by atoms with Crippen molar-refractivity contribution in [2.24, 2.45) is 0 Å². The summed E-state index contributed by atoms with van der Waals surface area (Å²) in [7, 11) is 1.60. The zero-order valence-corrected chi connectivity index (χ0v) is 17.4. The second-order valence-corrected chi connectivity index (χ2v) is 7.49. The number of amides is 1. The van der Waals surface area contributed by atoms with Crippen molar-refractivity contribution in [3.63, 3.8) is 0 Å². The van der Waals surface area contributed by atoms with Crippen molar-refractivity contribution < 1.29 is 14.3 Å². The van der Waals surface area contributed by atoms with Gasteiger partial charge in [0.2, 0.25) is 23.2 Å². The van der Waals surface area contributed by atoms with Crippen LogP contribution in [0.5, 0.6) is 11.6 Å². The number of methoxy groups -OCH3 is 1. The molecule has 2 heterocycles. The molecule has 30 heavy (non-hydrogen) atoms. The molecular weight excluding hydrogens is 400 g/mol.